The predicted octanol–water partition coefficient (Wildman–Crippen LogP) is 0.186. The van der Waals surface area contributed by atoms with Crippen LogP contribution in [0, 0.1) is 3.70 Å². The fraction of sp³-hybridized carbons (Fsp3) is 0. The zero-order valence-corrected chi connectivity index (χ0v) is 6.66. The standard InChI is InChI=1S/C5H3BINO/c6-5-3(9)1-2-4(7)8-5/h1-2,9H. The summed E-state index contributed by atoms with van der Waals surface area (Å²) in [4.78, 5) is 3.79. The van der Waals surface area contributed by atoms with Crippen LogP contribution in [-0.4, -0.2) is 17.9 Å². The second-order valence-electron chi connectivity index (χ2n) is 1.54. The van der Waals surface area contributed by atoms with Crippen LogP contribution in [0.5, 0.6) is 5.75 Å². The van der Waals surface area contributed by atoms with Gasteiger partial charge in [0.1, 0.15) is 17.3 Å². The summed E-state index contributed by atoms with van der Waals surface area (Å²) in [6.45, 7) is 0. The highest BCUT2D eigenvalue weighted by atomic mass is 127. The monoisotopic (exact) mass is 231 g/mol. The molecule has 1 aromatic rings. The summed E-state index contributed by atoms with van der Waals surface area (Å²) in [6.07, 6.45) is 0. The van der Waals surface area contributed by atoms with Crippen LogP contribution >= 0.6 is 22.6 Å². The van der Waals surface area contributed by atoms with Crippen molar-refractivity contribution >= 4 is 36.0 Å². The number of hydrogen-bond donors (Lipinski definition) is 1. The van der Waals surface area contributed by atoms with Gasteiger partial charge in [-0.15, -0.1) is 0 Å². The van der Waals surface area contributed by atoms with Gasteiger partial charge in [0.05, 0.1) is 0 Å². The predicted molar refractivity (Wildman–Crippen MR) is 44.0 cm³/mol. The lowest BCUT2D eigenvalue weighted by Crippen LogP contribution is -2.08. The van der Waals surface area contributed by atoms with Crippen molar-refractivity contribution in [3.05, 3.63) is 15.8 Å². The highest BCUT2D eigenvalue weighted by molar-refractivity contribution is 14.1. The molecule has 0 aromatic carbocycles. The number of nitrogens with zero attached hydrogens (tertiary/aromatic N) is 1. The molecule has 0 saturated heterocycles. The average Bonchev–Trinajstić information content (AvgIpc) is 1.80. The van der Waals surface area contributed by atoms with Gasteiger partial charge in [-0.1, -0.05) is 0 Å². The number of aromatic nitrogens is 1. The molecule has 0 aliphatic rings. The molecule has 9 heavy (non-hydrogen) atoms. The van der Waals surface area contributed by atoms with Gasteiger partial charge in [0.15, 0.2) is 0 Å². The Morgan fingerprint density at radius 2 is 2.22 bits per heavy atom. The fourth-order valence-electron chi connectivity index (χ4n) is 0.443. The quantitative estimate of drug-likeness (QED) is 0.392. The summed E-state index contributed by atoms with van der Waals surface area (Å²) < 4.78 is 0.780. The third-order valence-electron chi connectivity index (χ3n) is 0.868. The summed E-state index contributed by atoms with van der Waals surface area (Å²) >= 11 is 2.02. The molecule has 44 valence electrons. The lowest BCUT2D eigenvalue weighted by molar-refractivity contribution is 0.477. The van der Waals surface area contributed by atoms with Crippen molar-refractivity contribution in [1.29, 1.82) is 0 Å². The Kier molecular flexibility index (Phi) is 1.95. The van der Waals surface area contributed by atoms with E-state index < -0.39 is 0 Å². The summed E-state index contributed by atoms with van der Waals surface area (Å²) in [5.74, 6) is 0.0374. The third-order valence-corrected chi connectivity index (χ3v) is 1.47. The molecule has 1 rings (SSSR count). The minimum atomic E-state index is 0.0374. The number of halogens is 1. The Morgan fingerprint density at radius 3 is 2.67 bits per heavy atom. The van der Waals surface area contributed by atoms with Gasteiger partial charge in [-0.2, -0.15) is 0 Å². The molecule has 2 nitrogen and oxygen atoms in total. The van der Waals surface area contributed by atoms with Crippen LogP contribution in [0.15, 0.2) is 12.1 Å². The molecule has 1 N–H and O–H groups in total. The van der Waals surface area contributed by atoms with Gasteiger partial charge in [-0.05, 0) is 34.7 Å². The van der Waals surface area contributed by atoms with E-state index >= 15 is 0 Å². The van der Waals surface area contributed by atoms with Gasteiger partial charge in [0, 0.05) is 5.59 Å². The highest BCUT2D eigenvalue weighted by Crippen LogP contribution is 2.03. The molecule has 0 aliphatic carbocycles. The van der Waals surface area contributed by atoms with E-state index in [1.807, 2.05) is 22.6 Å². The van der Waals surface area contributed by atoms with Gasteiger partial charge < -0.3 is 5.11 Å². The number of rotatable bonds is 0. The Hall–Kier alpha value is -0.255. The van der Waals surface area contributed by atoms with Crippen molar-refractivity contribution in [3.8, 4) is 5.75 Å². The Balaban J connectivity index is 3.17. The maximum absolute atomic E-state index is 8.85. The van der Waals surface area contributed by atoms with E-state index in [0.717, 1.165) is 3.70 Å². The van der Waals surface area contributed by atoms with Crippen LogP contribution in [0.25, 0.3) is 0 Å². The zero-order chi connectivity index (χ0) is 6.85. The van der Waals surface area contributed by atoms with Crippen molar-refractivity contribution in [1.82, 2.24) is 4.98 Å². The van der Waals surface area contributed by atoms with Crippen LogP contribution in [0.4, 0.5) is 0 Å². The Bertz CT molecular complexity index is 228. The molecule has 0 fully saturated rings. The zero-order valence-electron chi connectivity index (χ0n) is 4.50. The maximum Gasteiger partial charge on any atom is 0.147 e. The first kappa shape index (κ1) is 6.86. The fourth-order valence-corrected chi connectivity index (χ4v) is 0.882. The number of aromatic hydroxyl groups is 1. The van der Waals surface area contributed by atoms with Crippen molar-refractivity contribution in [2.24, 2.45) is 0 Å². The second kappa shape index (κ2) is 2.55. The first-order valence-electron chi connectivity index (χ1n) is 2.31. The van der Waals surface area contributed by atoms with Crippen LogP contribution in [0.2, 0.25) is 0 Å². The van der Waals surface area contributed by atoms with Crippen molar-refractivity contribution < 1.29 is 5.11 Å². The molecular formula is C5H3BINO. The minimum Gasteiger partial charge on any atom is -0.507 e. The van der Waals surface area contributed by atoms with Gasteiger partial charge >= 0.3 is 0 Å². The Labute approximate surface area is 67.9 Å². The van der Waals surface area contributed by atoms with Crippen LogP contribution in [-0.2, 0) is 0 Å². The Morgan fingerprint density at radius 1 is 1.56 bits per heavy atom. The molecule has 0 amide bonds. The first-order valence-corrected chi connectivity index (χ1v) is 3.39. The van der Waals surface area contributed by atoms with Crippen molar-refractivity contribution in [3.63, 3.8) is 0 Å². The molecule has 2 radical (unpaired) electrons. The molecule has 0 spiro atoms. The smallest absolute Gasteiger partial charge is 0.147 e. The molecule has 0 saturated carbocycles. The summed E-state index contributed by atoms with van der Waals surface area (Å²) in [7, 11) is 5.25. The second-order valence-corrected chi connectivity index (χ2v) is 2.64. The summed E-state index contributed by atoms with van der Waals surface area (Å²) in [6, 6.07) is 3.20. The van der Waals surface area contributed by atoms with Crippen molar-refractivity contribution in [2.75, 3.05) is 0 Å². The van der Waals surface area contributed by atoms with Crippen molar-refractivity contribution in [2.45, 2.75) is 0 Å². The van der Waals surface area contributed by atoms with E-state index in [9.17, 15) is 0 Å². The molecule has 0 unspecified atom stereocenters. The highest BCUT2D eigenvalue weighted by Gasteiger charge is 1.94. The summed E-state index contributed by atoms with van der Waals surface area (Å²) in [5, 5.41) is 8.85. The molecule has 4 heteroatoms. The van der Waals surface area contributed by atoms with E-state index in [0.29, 0.717) is 0 Å². The molecule has 1 heterocycles. The third kappa shape index (κ3) is 1.57. The number of hydrogen-bond acceptors (Lipinski definition) is 2. The van der Waals surface area contributed by atoms with Gasteiger partial charge in [0.2, 0.25) is 0 Å². The van der Waals surface area contributed by atoms with E-state index in [-0.39, 0.29) is 11.3 Å². The normalized spacial score (nSPS) is 9.44. The van der Waals surface area contributed by atoms with Crippen LogP contribution in [0.3, 0.4) is 0 Å². The lowest BCUT2D eigenvalue weighted by atomic mass is 10.0. The molecule has 0 aliphatic heterocycles. The minimum absolute atomic E-state index is 0.0374. The van der Waals surface area contributed by atoms with Crippen LogP contribution < -0.4 is 5.59 Å². The molecule has 1 aromatic heterocycles. The van der Waals surface area contributed by atoms with E-state index in [1.54, 1.807) is 6.07 Å². The summed E-state index contributed by atoms with van der Waals surface area (Å²) in [5.41, 5.74) is 0.182. The maximum atomic E-state index is 8.85. The lowest BCUT2D eigenvalue weighted by Gasteiger charge is -1.95. The first-order chi connectivity index (χ1) is 4.20. The largest absolute Gasteiger partial charge is 0.507 e. The molecular weight excluding hydrogens is 228 g/mol. The molecule has 0 bridgehead atoms. The van der Waals surface area contributed by atoms with Gasteiger partial charge in [0.25, 0.3) is 0 Å². The van der Waals surface area contributed by atoms with E-state index in [1.165, 1.54) is 6.07 Å². The SMILES string of the molecule is [B]c1nc(I)ccc1O. The van der Waals surface area contributed by atoms with E-state index in [2.05, 4.69) is 4.98 Å². The average molecular weight is 231 g/mol. The molecule has 0 atom stereocenters. The number of pyridine rings is 1. The van der Waals surface area contributed by atoms with Gasteiger partial charge in [-0.3, -0.25) is 4.98 Å². The van der Waals surface area contributed by atoms with Crippen LogP contribution in [0.1, 0.15) is 0 Å². The van der Waals surface area contributed by atoms with E-state index in [4.69, 9.17) is 13.0 Å². The van der Waals surface area contributed by atoms with Gasteiger partial charge in [-0.25, -0.2) is 0 Å². The topological polar surface area (TPSA) is 33.1 Å².